The van der Waals surface area contributed by atoms with Crippen molar-refractivity contribution >= 4 is 29.4 Å². The first kappa shape index (κ1) is 23.1. The second-order valence-electron chi connectivity index (χ2n) is 8.48. The number of hydrogen-bond acceptors (Lipinski definition) is 9. The molecule has 36 heavy (non-hydrogen) atoms. The number of hydrogen-bond donors (Lipinski definition) is 2. The number of carbonyl (C=O) groups excluding carboxylic acids is 1. The fraction of sp³-hybridized carbons (Fsp3) is 0.292. The number of benzene rings is 1. The van der Waals surface area contributed by atoms with Gasteiger partial charge in [0.1, 0.15) is 12.3 Å². The lowest BCUT2D eigenvalue weighted by atomic mass is 10.2. The van der Waals surface area contributed by atoms with Gasteiger partial charge >= 0.3 is 6.09 Å². The third-order valence-electron chi connectivity index (χ3n) is 5.83. The standard InChI is InChI=1S/C24H27N9O3/c1-15-11-19(30-29-15)26-22-21(35-4)20(17-12-25-31(2)14-17)27-23(28-22)32(3)18-7-5-16(6-8-18)13-33-9-10-36-24(33)34/h5-8,11-12,14H,9-10,13H2,1-4H3,(H2,26,27,28,29,30). The van der Waals surface area contributed by atoms with E-state index in [1.165, 1.54) is 0 Å². The summed E-state index contributed by atoms with van der Waals surface area (Å²) in [6.45, 7) is 3.46. The highest BCUT2D eigenvalue weighted by Gasteiger charge is 2.23. The first-order valence-electron chi connectivity index (χ1n) is 11.4. The zero-order chi connectivity index (χ0) is 25.2. The summed E-state index contributed by atoms with van der Waals surface area (Å²) >= 11 is 0. The summed E-state index contributed by atoms with van der Waals surface area (Å²) in [6, 6.07) is 9.78. The van der Waals surface area contributed by atoms with Crippen LogP contribution in [-0.2, 0) is 18.3 Å². The van der Waals surface area contributed by atoms with Crippen molar-refractivity contribution in [2.75, 3.05) is 37.5 Å². The molecule has 0 spiro atoms. The van der Waals surface area contributed by atoms with Crippen molar-refractivity contribution in [3.8, 4) is 17.0 Å². The van der Waals surface area contributed by atoms with Crippen molar-refractivity contribution in [3.05, 3.63) is 54.0 Å². The molecule has 12 nitrogen and oxygen atoms in total. The van der Waals surface area contributed by atoms with Gasteiger partial charge in [0, 0.05) is 49.8 Å². The molecule has 2 N–H and O–H groups in total. The van der Waals surface area contributed by atoms with E-state index in [2.05, 4.69) is 20.6 Å². The Morgan fingerprint density at radius 1 is 1.25 bits per heavy atom. The van der Waals surface area contributed by atoms with Gasteiger partial charge in [-0.1, -0.05) is 12.1 Å². The molecule has 3 aromatic heterocycles. The fourth-order valence-electron chi connectivity index (χ4n) is 3.94. The number of nitrogens with one attached hydrogen (secondary N) is 2. The van der Waals surface area contributed by atoms with Crippen LogP contribution in [0.1, 0.15) is 11.3 Å². The van der Waals surface area contributed by atoms with Crippen LogP contribution in [0.15, 0.2) is 42.7 Å². The highest BCUT2D eigenvalue weighted by molar-refractivity contribution is 5.77. The molecule has 5 rings (SSSR count). The van der Waals surface area contributed by atoms with E-state index in [0.717, 1.165) is 22.5 Å². The van der Waals surface area contributed by atoms with Crippen LogP contribution >= 0.6 is 0 Å². The van der Waals surface area contributed by atoms with E-state index in [0.29, 0.717) is 48.7 Å². The third kappa shape index (κ3) is 4.65. The molecular weight excluding hydrogens is 462 g/mol. The van der Waals surface area contributed by atoms with Gasteiger partial charge in [-0.3, -0.25) is 9.78 Å². The maximum absolute atomic E-state index is 11.8. The first-order valence-corrected chi connectivity index (χ1v) is 11.4. The molecule has 4 heterocycles. The quantitative estimate of drug-likeness (QED) is 0.383. The Labute approximate surface area is 207 Å². The van der Waals surface area contributed by atoms with E-state index >= 15 is 0 Å². The van der Waals surface area contributed by atoms with E-state index in [4.69, 9.17) is 19.4 Å². The Hall–Kier alpha value is -4.61. The summed E-state index contributed by atoms with van der Waals surface area (Å²) in [4.78, 5) is 24.9. The van der Waals surface area contributed by atoms with E-state index in [9.17, 15) is 4.79 Å². The van der Waals surface area contributed by atoms with Gasteiger partial charge in [-0.2, -0.15) is 15.2 Å². The smallest absolute Gasteiger partial charge is 0.410 e. The minimum Gasteiger partial charge on any atom is -0.491 e. The summed E-state index contributed by atoms with van der Waals surface area (Å²) in [5.74, 6) is 2.03. The largest absolute Gasteiger partial charge is 0.491 e. The SMILES string of the molecule is COc1c(Nc2cc(C)[nH]n2)nc(N(C)c2ccc(CN3CCOC3=O)cc2)nc1-c1cnn(C)c1. The number of aryl methyl sites for hydroxylation is 2. The number of cyclic esters (lactones) is 1. The molecule has 0 atom stereocenters. The molecule has 1 amide bonds. The third-order valence-corrected chi connectivity index (χ3v) is 5.83. The number of carbonyl (C=O) groups is 1. The lowest BCUT2D eigenvalue weighted by Gasteiger charge is -2.21. The number of aromatic nitrogens is 6. The van der Waals surface area contributed by atoms with Crippen LogP contribution in [0.5, 0.6) is 5.75 Å². The van der Waals surface area contributed by atoms with Crippen molar-refractivity contribution in [3.63, 3.8) is 0 Å². The number of ether oxygens (including phenoxy) is 2. The van der Waals surface area contributed by atoms with Crippen LogP contribution in [0, 0.1) is 6.92 Å². The number of H-pyrrole nitrogens is 1. The van der Waals surface area contributed by atoms with Gasteiger partial charge in [0.05, 0.1) is 19.9 Å². The highest BCUT2D eigenvalue weighted by atomic mass is 16.6. The highest BCUT2D eigenvalue weighted by Crippen LogP contribution is 2.37. The van der Waals surface area contributed by atoms with Gasteiger partial charge < -0.3 is 24.6 Å². The van der Waals surface area contributed by atoms with Crippen LogP contribution in [0.3, 0.4) is 0 Å². The first-order chi connectivity index (χ1) is 17.4. The van der Waals surface area contributed by atoms with Crippen molar-refractivity contribution in [1.29, 1.82) is 0 Å². The molecule has 4 aromatic rings. The monoisotopic (exact) mass is 489 g/mol. The number of aromatic amines is 1. The molecule has 1 fully saturated rings. The second-order valence-corrected chi connectivity index (χ2v) is 8.48. The molecule has 12 heteroatoms. The molecule has 0 unspecified atom stereocenters. The Bertz CT molecular complexity index is 1380. The zero-order valence-corrected chi connectivity index (χ0v) is 20.5. The lowest BCUT2D eigenvalue weighted by Crippen LogP contribution is -2.23. The maximum Gasteiger partial charge on any atom is 0.410 e. The molecule has 186 valence electrons. The Morgan fingerprint density at radius 2 is 2.06 bits per heavy atom. The zero-order valence-electron chi connectivity index (χ0n) is 20.5. The Balaban J connectivity index is 1.49. The minimum absolute atomic E-state index is 0.280. The van der Waals surface area contributed by atoms with Crippen molar-refractivity contribution in [2.45, 2.75) is 13.5 Å². The molecule has 1 aliphatic rings. The average molecular weight is 490 g/mol. The molecule has 0 aliphatic carbocycles. The van der Waals surface area contributed by atoms with Gasteiger partial charge in [0.2, 0.25) is 5.95 Å². The fourth-order valence-corrected chi connectivity index (χ4v) is 3.94. The molecule has 0 bridgehead atoms. The van der Waals surface area contributed by atoms with E-state index < -0.39 is 0 Å². The topological polar surface area (TPSA) is 126 Å². The minimum atomic E-state index is -0.280. The summed E-state index contributed by atoms with van der Waals surface area (Å²) < 4.78 is 12.4. The van der Waals surface area contributed by atoms with E-state index in [1.54, 1.807) is 22.9 Å². The normalized spacial score (nSPS) is 13.1. The average Bonchev–Trinajstić information content (AvgIpc) is 3.60. The Kier molecular flexibility index (Phi) is 6.15. The summed E-state index contributed by atoms with van der Waals surface area (Å²) in [7, 11) is 5.32. The van der Waals surface area contributed by atoms with Crippen molar-refractivity contribution in [1.82, 2.24) is 34.8 Å². The Morgan fingerprint density at radius 3 is 2.67 bits per heavy atom. The van der Waals surface area contributed by atoms with E-state index in [-0.39, 0.29) is 6.09 Å². The maximum atomic E-state index is 11.8. The molecule has 1 aromatic carbocycles. The molecule has 1 saturated heterocycles. The molecule has 0 radical (unpaired) electrons. The van der Waals surface area contributed by atoms with Crippen LogP contribution in [0.25, 0.3) is 11.3 Å². The van der Waals surface area contributed by atoms with Gasteiger partial charge in [0.25, 0.3) is 0 Å². The van der Waals surface area contributed by atoms with Gasteiger partial charge in [-0.25, -0.2) is 9.78 Å². The summed E-state index contributed by atoms with van der Waals surface area (Å²) in [5, 5.41) is 14.7. The molecular formula is C24H27N9O3. The summed E-state index contributed by atoms with van der Waals surface area (Å²) in [6.07, 6.45) is 3.32. The van der Waals surface area contributed by atoms with Gasteiger partial charge in [-0.15, -0.1) is 0 Å². The molecule has 1 aliphatic heterocycles. The van der Waals surface area contributed by atoms with Crippen LogP contribution in [0.4, 0.5) is 28.1 Å². The number of rotatable bonds is 8. The van der Waals surface area contributed by atoms with Gasteiger partial charge in [0.15, 0.2) is 17.4 Å². The number of anilines is 4. The number of nitrogens with zero attached hydrogens (tertiary/aromatic N) is 7. The predicted octanol–water partition coefficient (Wildman–Crippen LogP) is 3.38. The van der Waals surface area contributed by atoms with Crippen LogP contribution < -0.4 is 15.0 Å². The lowest BCUT2D eigenvalue weighted by molar-refractivity contribution is 0.157. The second kappa shape index (κ2) is 9.56. The predicted molar refractivity (Wildman–Crippen MR) is 134 cm³/mol. The molecule has 0 saturated carbocycles. The van der Waals surface area contributed by atoms with Crippen LogP contribution in [0.2, 0.25) is 0 Å². The van der Waals surface area contributed by atoms with Crippen molar-refractivity contribution < 1.29 is 14.3 Å². The van der Waals surface area contributed by atoms with Crippen molar-refractivity contribution in [2.24, 2.45) is 7.05 Å². The number of amides is 1. The number of methoxy groups -OCH3 is 1. The summed E-state index contributed by atoms with van der Waals surface area (Å²) in [5.41, 5.74) is 4.19. The van der Waals surface area contributed by atoms with Gasteiger partial charge in [-0.05, 0) is 24.6 Å². The van der Waals surface area contributed by atoms with Crippen LogP contribution in [-0.4, -0.2) is 68.2 Å². The van der Waals surface area contributed by atoms with E-state index in [1.807, 2.05) is 62.4 Å².